The molecule has 1 aliphatic heterocycles. The zero-order chi connectivity index (χ0) is 18.3. The van der Waals surface area contributed by atoms with Gasteiger partial charge >= 0.3 is 0 Å². The second-order valence-electron chi connectivity index (χ2n) is 7.15. The maximum atomic E-state index is 12.8. The third kappa shape index (κ3) is 2.81. The number of carbonyl (C=O) groups excluding carboxylic acids is 1. The molecule has 0 radical (unpaired) electrons. The van der Waals surface area contributed by atoms with Crippen molar-refractivity contribution >= 4 is 11.6 Å². The minimum absolute atomic E-state index is 0.0950. The van der Waals surface area contributed by atoms with E-state index in [1.165, 1.54) is 11.1 Å². The number of aromatic nitrogens is 2. The molecule has 1 amide bonds. The van der Waals surface area contributed by atoms with E-state index in [0.717, 1.165) is 29.1 Å². The van der Waals surface area contributed by atoms with Crippen molar-refractivity contribution in [2.45, 2.75) is 32.7 Å². The number of anilines is 1. The van der Waals surface area contributed by atoms with Gasteiger partial charge in [0.2, 0.25) is 0 Å². The third-order valence-electron chi connectivity index (χ3n) is 5.36. The van der Waals surface area contributed by atoms with Crippen LogP contribution in [-0.4, -0.2) is 15.5 Å². The Morgan fingerprint density at radius 2 is 2.00 bits per heavy atom. The quantitative estimate of drug-likeness (QED) is 0.709. The molecular formula is C22H23N3O. The molecular weight excluding hydrogens is 322 g/mol. The van der Waals surface area contributed by atoms with Crippen LogP contribution in [0.4, 0.5) is 5.69 Å². The number of hydrogen-bond donors (Lipinski definition) is 0. The molecule has 1 aromatic heterocycles. The second kappa shape index (κ2) is 6.45. The van der Waals surface area contributed by atoms with Crippen molar-refractivity contribution in [3.63, 3.8) is 0 Å². The van der Waals surface area contributed by atoms with E-state index in [0.29, 0.717) is 12.5 Å². The van der Waals surface area contributed by atoms with Gasteiger partial charge in [-0.1, -0.05) is 31.2 Å². The summed E-state index contributed by atoms with van der Waals surface area (Å²) in [6.07, 6.45) is 4.68. The molecule has 1 aliphatic rings. The Balaban J connectivity index is 1.60. The van der Waals surface area contributed by atoms with Crippen molar-refractivity contribution in [2.75, 3.05) is 4.90 Å². The molecule has 1 atom stereocenters. The summed E-state index contributed by atoms with van der Waals surface area (Å²) < 4.78 is 2.06. The van der Waals surface area contributed by atoms with Crippen LogP contribution in [-0.2, 0) is 20.0 Å². The van der Waals surface area contributed by atoms with Gasteiger partial charge in [0.1, 0.15) is 5.82 Å². The number of carbonyl (C=O) groups is 1. The maximum Gasteiger partial charge on any atom is 0.258 e. The highest BCUT2D eigenvalue weighted by Crippen LogP contribution is 2.32. The summed E-state index contributed by atoms with van der Waals surface area (Å²) in [6, 6.07) is 14.3. The average molecular weight is 345 g/mol. The molecule has 26 heavy (non-hydrogen) atoms. The number of imidazole rings is 1. The van der Waals surface area contributed by atoms with E-state index < -0.39 is 0 Å². The molecule has 0 bridgehead atoms. The van der Waals surface area contributed by atoms with E-state index in [9.17, 15) is 4.79 Å². The summed E-state index contributed by atoms with van der Waals surface area (Å²) in [5.41, 5.74) is 5.35. The Hall–Kier alpha value is -2.88. The zero-order valence-electron chi connectivity index (χ0n) is 15.4. The van der Waals surface area contributed by atoms with Crippen molar-refractivity contribution in [3.8, 4) is 0 Å². The molecule has 2 aromatic carbocycles. The van der Waals surface area contributed by atoms with Gasteiger partial charge in [-0.25, -0.2) is 4.98 Å². The lowest BCUT2D eigenvalue weighted by atomic mass is 9.97. The van der Waals surface area contributed by atoms with Gasteiger partial charge in [-0.15, -0.1) is 0 Å². The van der Waals surface area contributed by atoms with Crippen molar-refractivity contribution in [2.24, 2.45) is 7.05 Å². The largest absolute Gasteiger partial charge is 0.338 e. The minimum Gasteiger partial charge on any atom is -0.338 e. The van der Waals surface area contributed by atoms with Crippen molar-refractivity contribution < 1.29 is 4.79 Å². The highest BCUT2D eigenvalue weighted by molar-refractivity contribution is 6.10. The molecule has 4 heteroatoms. The molecule has 2 heterocycles. The van der Waals surface area contributed by atoms with Gasteiger partial charge in [0.25, 0.3) is 5.91 Å². The van der Waals surface area contributed by atoms with Gasteiger partial charge < -0.3 is 9.47 Å². The summed E-state index contributed by atoms with van der Waals surface area (Å²) in [5, 5.41) is 0. The topological polar surface area (TPSA) is 38.1 Å². The molecule has 0 aliphatic carbocycles. The fourth-order valence-corrected chi connectivity index (χ4v) is 3.68. The van der Waals surface area contributed by atoms with Gasteiger partial charge in [0, 0.05) is 37.1 Å². The van der Waals surface area contributed by atoms with Gasteiger partial charge in [-0.2, -0.15) is 0 Å². The second-order valence-corrected chi connectivity index (χ2v) is 7.15. The van der Waals surface area contributed by atoms with Crippen LogP contribution in [0.25, 0.3) is 0 Å². The van der Waals surface area contributed by atoms with E-state index >= 15 is 0 Å². The first kappa shape index (κ1) is 16.6. The van der Waals surface area contributed by atoms with Gasteiger partial charge in [-0.3, -0.25) is 4.79 Å². The predicted octanol–water partition coefficient (Wildman–Crippen LogP) is 4.24. The number of amides is 1. The fraction of sp³-hybridized carbons (Fsp3) is 0.273. The monoisotopic (exact) mass is 345 g/mol. The Morgan fingerprint density at radius 1 is 1.19 bits per heavy atom. The van der Waals surface area contributed by atoms with Crippen LogP contribution in [0.3, 0.4) is 0 Å². The SMILES string of the molecule is Cc1cccc2c1CN(c1cccc([C@H](C)Cc3nccn3C)c1)C2=O. The van der Waals surface area contributed by atoms with E-state index in [1.54, 1.807) is 0 Å². The Kier molecular flexibility index (Phi) is 4.11. The average Bonchev–Trinajstić information content (AvgIpc) is 3.20. The molecule has 0 unspecified atom stereocenters. The van der Waals surface area contributed by atoms with Crippen LogP contribution in [0.1, 0.15) is 45.7 Å². The molecule has 0 spiro atoms. The third-order valence-corrected chi connectivity index (χ3v) is 5.36. The highest BCUT2D eigenvalue weighted by Gasteiger charge is 2.29. The van der Waals surface area contributed by atoms with Crippen molar-refractivity contribution in [3.05, 3.63) is 82.9 Å². The van der Waals surface area contributed by atoms with Crippen LogP contribution in [0.15, 0.2) is 54.9 Å². The van der Waals surface area contributed by atoms with Crippen LogP contribution < -0.4 is 4.90 Å². The summed E-state index contributed by atoms with van der Waals surface area (Å²) in [5.74, 6) is 1.50. The van der Waals surface area contributed by atoms with E-state index in [-0.39, 0.29) is 5.91 Å². The maximum absolute atomic E-state index is 12.8. The molecule has 3 aromatic rings. The summed E-state index contributed by atoms with van der Waals surface area (Å²) in [6.45, 7) is 4.93. The normalized spacial score (nSPS) is 14.6. The lowest BCUT2D eigenvalue weighted by Crippen LogP contribution is -2.23. The number of benzene rings is 2. The lowest BCUT2D eigenvalue weighted by Gasteiger charge is -2.19. The number of aryl methyl sites for hydroxylation is 2. The fourth-order valence-electron chi connectivity index (χ4n) is 3.68. The van der Waals surface area contributed by atoms with E-state index in [4.69, 9.17) is 0 Å². The minimum atomic E-state index is 0.0950. The Bertz CT molecular complexity index is 973. The molecule has 4 nitrogen and oxygen atoms in total. The first-order chi connectivity index (χ1) is 12.5. The molecule has 0 saturated carbocycles. The number of hydrogen-bond acceptors (Lipinski definition) is 2. The zero-order valence-corrected chi connectivity index (χ0v) is 15.4. The smallest absolute Gasteiger partial charge is 0.258 e. The van der Waals surface area contributed by atoms with Crippen LogP contribution in [0.5, 0.6) is 0 Å². The molecule has 132 valence electrons. The molecule has 0 fully saturated rings. The number of rotatable bonds is 4. The predicted molar refractivity (Wildman–Crippen MR) is 103 cm³/mol. The van der Waals surface area contributed by atoms with Gasteiger partial charge in [0.15, 0.2) is 0 Å². The molecule has 4 rings (SSSR count). The number of fused-ring (bicyclic) bond motifs is 1. The van der Waals surface area contributed by atoms with Crippen LogP contribution in [0.2, 0.25) is 0 Å². The van der Waals surface area contributed by atoms with E-state index in [1.807, 2.05) is 48.6 Å². The first-order valence-electron chi connectivity index (χ1n) is 9.01. The molecule has 0 saturated heterocycles. The van der Waals surface area contributed by atoms with Crippen LogP contribution >= 0.6 is 0 Å². The Morgan fingerprint density at radius 3 is 2.73 bits per heavy atom. The van der Waals surface area contributed by atoms with Crippen LogP contribution in [0, 0.1) is 6.92 Å². The highest BCUT2D eigenvalue weighted by atomic mass is 16.2. The standard InChI is InChI=1S/C22H23N3O/c1-15-6-4-9-19-20(15)14-25(22(19)26)18-8-5-7-17(13-18)16(2)12-21-23-10-11-24(21)3/h4-11,13,16H,12,14H2,1-3H3/t16-/m1/s1. The summed E-state index contributed by atoms with van der Waals surface area (Å²) >= 11 is 0. The Labute approximate surface area is 154 Å². The lowest BCUT2D eigenvalue weighted by molar-refractivity contribution is 0.0996. The summed E-state index contributed by atoms with van der Waals surface area (Å²) in [7, 11) is 2.02. The van der Waals surface area contributed by atoms with Gasteiger partial charge in [0.05, 0.1) is 6.54 Å². The van der Waals surface area contributed by atoms with E-state index in [2.05, 4.69) is 41.6 Å². The number of nitrogens with zero attached hydrogens (tertiary/aromatic N) is 3. The van der Waals surface area contributed by atoms with Crippen molar-refractivity contribution in [1.82, 2.24) is 9.55 Å². The van der Waals surface area contributed by atoms with Crippen molar-refractivity contribution in [1.29, 1.82) is 0 Å². The summed E-state index contributed by atoms with van der Waals surface area (Å²) in [4.78, 5) is 19.2. The van der Waals surface area contributed by atoms with Gasteiger partial charge in [-0.05, 0) is 47.7 Å². The molecule has 0 N–H and O–H groups in total. The first-order valence-corrected chi connectivity index (χ1v) is 9.01.